The van der Waals surface area contributed by atoms with E-state index in [1.807, 2.05) is 0 Å². The molecule has 0 aliphatic carbocycles. The van der Waals surface area contributed by atoms with E-state index in [0.29, 0.717) is 0 Å². The Labute approximate surface area is 78.9 Å². The molecule has 0 N–H and O–H groups in total. The number of carbonyl (C=O) groups excluding carboxylic acids is 2. The molecule has 74 valence electrons. The van der Waals surface area contributed by atoms with Gasteiger partial charge in [-0.05, 0) is 12.1 Å². The van der Waals surface area contributed by atoms with Crippen LogP contribution in [-0.2, 0) is 4.79 Å². The van der Waals surface area contributed by atoms with Crippen molar-refractivity contribution < 1.29 is 23.8 Å². The molecule has 0 fully saturated rings. The molecule has 0 spiro atoms. The minimum atomic E-state index is -1.48. The summed E-state index contributed by atoms with van der Waals surface area (Å²) in [6.07, 6.45) is 0. The molecule has 0 saturated carbocycles. The quantitative estimate of drug-likeness (QED) is 0.502. The standard InChI is InChI=1S/C9H7FO4/c10-5-8(11)14-7-4-2-1-3-6(7)9(12)13/h1-4H,5H2,(H,12,13)/p-1. The summed E-state index contributed by atoms with van der Waals surface area (Å²) >= 11 is 0. The van der Waals surface area contributed by atoms with E-state index in [1.54, 1.807) is 0 Å². The number of aromatic carboxylic acids is 1. The molecule has 0 saturated heterocycles. The van der Waals surface area contributed by atoms with Crippen molar-refractivity contribution in [2.75, 3.05) is 6.67 Å². The Balaban J connectivity index is 2.95. The maximum atomic E-state index is 11.8. The summed E-state index contributed by atoms with van der Waals surface area (Å²) in [6.45, 7) is -1.30. The van der Waals surface area contributed by atoms with Crippen molar-refractivity contribution in [3.63, 3.8) is 0 Å². The molecule has 0 unspecified atom stereocenters. The maximum Gasteiger partial charge on any atom is 0.342 e. The average molecular weight is 197 g/mol. The van der Waals surface area contributed by atoms with Crippen LogP contribution >= 0.6 is 0 Å². The monoisotopic (exact) mass is 197 g/mol. The molecule has 0 radical (unpaired) electrons. The Morgan fingerprint density at radius 3 is 2.57 bits per heavy atom. The summed E-state index contributed by atoms with van der Waals surface area (Å²) in [5, 5.41) is 10.5. The van der Waals surface area contributed by atoms with Gasteiger partial charge in [-0.1, -0.05) is 12.1 Å². The van der Waals surface area contributed by atoms with Gasteiger partial charge in [0.05, 0.1) is 5.97 Å². The predicted molar refractivity (Wildman–Crippen MR) is 42.4 cm³/mol. The molecule has 0 amide bonds. The molecule has 1 rings (SSSR count). The Kier molecular flexibility index (Phi) is 3.17. The molecule has 0 aliphatic rings. The molecule has 5 heteroatoms. The fraction of sp³-hybridized carbons (Fsp3) is 0.111. The Morgan fingerprint density at radius 2 is 2.00 bits per heavy atom. The Hall–Kier alpha value is -1.91. The zero-order valence-corrected chi connectivity index (χ0v) is 7.03. The minimum absolute atomic E-state index is 0.213. The number of alkyl halides is 1. The largest absolute Gasteiger partial charge is 0.545 e. The van der Waals surface area contributed by atoms with Crippen LogP contribution in [-0.4, -0.2) is 18.6 Å². The van der Waals surface area contributed by atoms with Crippen LogP contribution in [0.15, 0.2) is 24.3 Å². The number of carbonyl (C=O) groups is 2. The van der Waals surface area contributed by atoms with Crippen LogP contribution in [0.25, 0.3) is 0 Å². The van der Waals surface area contributed by atoms with Gasteiger partial charge < -0.3 is 14.6 Å². The number of rotatable bonds is 3. The lowest BCUT2D eigenvalue weighted by molar-refractivity contribution is -0.255. The van der Waals surface area contributed by atoms with E-state index in [9.17, 15) is 19.1 Å². The van der Waals surface area contributed by atoms with E-state index in [2.05, 4.69) is 4.74 Å². The molecule has 1 aromatic carbocycles. The lowest BCUT2D eigenvalue weighted by atomic mass is 10.2. The number of hydrogen-bond acceptors (Lipinski definition) is 4. The predicted octanol–water partition coefficient (Wildman–Crippen LogP) is -0.0750. The first kappa shape index (κ1) is 10.2. The van der Waals surface area contributed by atoms with Crippen molar-refractivity contribution in [2.24, 2.45) is 0 Å². The van der Waals surface area contributed by atoms with Crippen LogP contribution < -0.4 is 9.84 Å². The molecule has 14 heavy (non-hydrogen) atoms. The van der Waals surface area contributed by atoms with E-state index in [1.165, 1.54) is 24.3 Å². The summed E-state index contributed by atoms with van der Waals surface area (Å²) in [6, 6.07) is 5.36. The van der Waals surface area contributed by atoms with Gasteiger partial charge in [-0.15, -0.1) is 0 Å². The first-order valence-corrected chi connectivity index (χ1v) is 3.72. The van der Waals surface area contributed by atoms with E-state index >= 15 is 0 Å². The number of benzene rings is 1. The fourth-order valence-electron chi connectivity index (χ4n) is 0.874. The third-order valence-corrected chi connectivity index (χ3v) is 1.44. The molecule has 0 aromatic heterocycles. The van der Waals surface area contributed by atoms with Crippen LogP contribution in [0.5, 0.6) is 5.75 Å². The third kappa shape index (κ3) is 2.29. The smallest absolute Gasteiger partial charge is 0.342 e. The number of ether oxygens (including phenoxy) is 1. The molecule has 1 aromatic rings. The van der Waals surface area contributed by atoms with Crippen molar-refractivity contribution in [1.29, 1.82) is 0 Å². The van der Waals surface area contributed by atoms with Gasteiger partial charge in [0.15, 0.2) is 6.67 Å². The van der Waals surface area contributed by atoms with Gasteiger partial charge in [-0.25, -0.2) is 9.18 Å². The van der Waals surface area contributed by atoms with E-state index < -0.39 is 18.6 Å². The third-order valence-electron chi connectivity index (χ3n) is 1.44. The summed E-state index contributed by atoms with van der Waals surface area (Å²) in [5.74, 6) is -2.83. The van der Waals surface area contributed by atoms with Crippen LogP contribution in [0.2, 0.25) is 0 Å². The Morgan fingerprint density at radius 1 is 1.36 bits per heavy atom. The van der Waals surface area contributed by atoms with Crippen LogP contribution in [0.4, 0.5) is 4.39 Å². The van der Waals surface area contributed by atoms with Gasteiger partial charge >= 0.3 is 5.97 Å². The second-order valence-electron chi connectivity index (χ2n) is 2.39. The first-order valence-electron chi connectivity index (χ1n) is 3.72. The molecule has 0 heterocycles. The SMILES string of the molecule is O=C(CF)Oc1ccccc1C(=O)[O-]. The zero-order chi connectivity index (χ0) is 10.6. The zero-order valence-electron chi connectivity index (χ0n) is 7.03. The van der Waals surface area contributed by atoms with Crippen molar-refractivity contribution in [1.82, 2.24) is 0 Å². The van der Waals surface area contributed by atoms with E-state index in [0.717, 1.165) is 0 Å². The number of hydrogen-bond donors (Lipinski definition) is 0. The van der Waals surface area contributed by atoms with Crippen molar-refractivity contribution >= 4 is 11.9 Å². The van der Waals surface area contributed by atoms with Gasteiger partial charge in [0, 0.05) is 5.56 Å². The summed E-state index contributed by atoms with van der Waals surface area (Å²) < 4.78 is 16.2. The molecule has 4 nitrogen and oxygen atoms in total. The van der Waals surface area contributed by atoms with Gasteiger partial charge in [0.25, 0.3) is 0 Å². The van der Waals surface area contributed by atoms with Crippen molar-refractivity contribution in [2.45, 2.75) is 0 Å². The van der Waals surface area contributed by atoms with E-state index in [4.69, 9.17) is 0 Å². The number of halogens is 1. The number of esters is 1. The summed E-state index contributed by atoms with van der Waals surface area (Å²) in [7, 11) is 0. The van der Waals surface area contributed by atoms with Gasteiger partial charge in [-0.3, -0.25) is 0 Å². The lowest BCUT2D eigenvalue weighted by Crippen LogP contribution is -2.24. The highest BCUT2D eigenvalue weighted by Gasteiger charge is 2.08. The van der Waals surface area contributed by atoms with Crippen LogP contribution in [0.3, 0.4) is 0 Å². The number of carboxylic acids is 1. The molecular weight excluding hydrogens is 191 g/mol. The fourth-order valence-corrected chi connectivity index (χ4v) is 0.874. The van der Waals surface area contributed by atoms with Crippen molar-refractivity contribution in [3.05, 3.63) is 29.8 Å². The average Bonchev–Trinajstić information content (AvgIpc) is 2.18. The van der Waals surface area contributed by atoms with Gasteiger partial charge in [0.2, 0.25) is 0 Å². The first-order chi connectivity index (χ1) is 6.65. The molecule has 0 bridgehead atoms. The molecule has 0 aliphatic heterocycles. The lowest BCUT2D eigenvalue weighted by Gasteiger charge is -2.08. The molecular formula is C9H6FO4-. The van der Waals surface area contributed by atoms with E-state index in [-0.39, 0.29) is 11.3 Å². The molecule has 0 atom stereocenters. The highest BCUT2D eigenvalue weighted by Crippen LogP contribution is 2.16. The maximum absolute atomic E-state index is 11.8. The second-order valence-corrected chi connectivity index (χ2v) is 2.39. The van der Waals surface area contributed by atoms with Crippen molar-refractivity contribution in [3.8, 4) is 5.75 Å². The van der Waals surface area contributed by atoms with Gasteiger partial charge in [-0.2, -0.15) is 0 Å². The summed E-state index contributed by atoms with van der Waals surface area (Å²) in [4.78, 5) is 21.0. The normalized spacial score (nSPS) is 9.50. The highest BCUT2D eigenvalue weighted by molar-refractivity contribution is 5.90. The van der Waals surface area contributed by atoms with Gasteiger partial charge in [0.1, 0.15) is 5.75 Å². The highest BCUT2D eigenvalue weighted by atomic mass is 19.1. The topological polar surface area (TPSA) is 66.4 Å². The Bertz CT molecular complexity index is 362. The van der Waals surface area contributed by atoms with Crippen LogP contribution in [0, 0.1) is 0 Å². The number of carboxylic acid groups (broad SMARTS) is 1. The van der Waals surface area contributed by atoms with Crippen LogP contribution in [0.1, 0.15) is 10.4 Å². The number of para-hydroxylation sites is 1. The minimum Gasteiger partial charge on any atom is -0.545 e. The second kappa shape index (κ2) is 4.36. The summed E-state index contributed by atoms with van der Waals surface area (Å²) in [5.41, 5.74) is -0.283.